The Morgan fingerprint density at radius 3 is 2.51 bits per heavy atom. The van der Waals surface area contributed by atoms with Crippen molar-refractivity contribution in [1.82, 2.24) is 0 Å². The van der Waals surface area contributed by atoms with E-state index in [0.717, 1.165) is 35.8 Å². The molecule has 35 heavy (non-hydrogen) atoms. The van der Waals surface area contributed by atoms with Crippen LogP contribution >= 0.6 is 0 Å². The largest absolute Gasteiger partial charge is 0.396 e. The molecule has 0 amide bonds. The number of aliphatic hydroxyl groups is 4. The molecule has 0 saturated heterocycles. The van der Waals surface area contributed by atoms with Gasteiger partial charge < -0.3 is 20.4 Å². The minimum Gasteiger partial charge on any atom is -0.396 e. The van der Waals surface area contributed by atoms with Crippen LogP contribution in [0.15, 0.2) is 58.7 Å². The quantitative estimate of drug-likeness (QED) is 0.143. The van der Waals surface area contributed by atoms with Gasteiger partial charge in [-0.2, -0.15) is 0 Å². The Kier molecular flexibility index (Phi) is 10.9. The Balaban J connectivity index is 2.35. The molecular formula is C30H46O5. The van der Waals surface area contributed by atoms with Crippen molar-refractivity contribution in [3.63, 3.8) is 0 Å². The second kappa shape index (κ2) is 13.0. The maximum absolute atomic E-state index is 11.8. The van der Waals surface area contributed by atoms with E-state index >= 15 is 0 Å². The van der Waals surface area contributed by atoms with E-state index in [4.69, 9.17) is 0 Å². The van der Waals surface area contributed by atoms with Crippen LogP contribution in [0.3, 0.4) is 0 Å². The lowest BCUT2D eigenvalue weighted by Gasteiger charge is -2.55. The molecule has 1 spiro atoms. The number of hydrogen-bond donors (Lipinski definition) is 4. The number of aldehydes is 1. The Labute approximate surface area is 211 Å². The van der Waals surface area contributed by atoms with Gasteiger partial charge in [0.15, 0.2) is 0 Å². The molecule has 5 heteroatoms. The fraction of sp³-hybridized carbons (Fsp3) is 0.633. The lowest BCUT2D eigenvalue weighted by molar-refractivity contribution is -0.167. The molecule has 0 aromatic rings. The van der Waals surface area contributed by atoms with Crippen molar-refractivity contribution >= 4 is 6.29 Å². The van der Waals surface area contributed by atoms with E-state index in [1.165, 1.54) is 5.57 Å². The van der Waals surface area contributed by atoms with Crippen LogP contribution in [-0.2, 0) is 4.79 Å². The van der Waals surface area contributed by atoms with Gasteiger partial charge in [0.25, 0.3) is 0 Å². The van der Waals surface area contributed by atoms with E-state index in [9.17, 15) is 25.2 Å². The summed E-state index contributed by atoms with van der Waals surface area (Å²) in [4.78, 5) is 11.7. The number of allylic oxidation sites excluding steroid dienone is 8. The molecule has 2 aliphatic rings. The van der Waals surface area contributed by atoms with E-state index in [0.29, 0.717) is 44.1 Å². The van der Waals surface area contributed by atoms with Crippen molar-refractivity contribution in [2.45, 2.75) is 90.8 Å². The zero-order chi connectivity index (χ0) is 26.2. The van der Waals surface area contributed by atoms with Crippen molar-refractivity contribution in [3.8, 4) is 0 Å². The predicted molar refractivity (Wildman–Crippen MR) is 142 cm³/mol. The number of carbonyl (C=O) groups excluding carboxylic acids is 1. The summed E-state index contributed by atoms with van der Waals surface area (Å²) in [6.45, 7) is 11.7. The fourth-order valence-corrected chi connectivity index (χ4v) is 6.39. The first-order chi connectivity index (χ1) is 16.6. The third kappa shape index (κ3) is 6.51. The maximum Gasteiger partial charge on any atom is 0.145 e. The number of aliphatic hydroxyl groups excluding tert-OH is 3. The first-order valence-electron chi connectivity index (χ1n) is 13.0. The van der Waals surface area contributed by atoms with Crippen molar-refractivity contribution in [3.05, 3.63) is 58.7 Å². The van der Waals surface area contributed by atoms with E-state index < -0.39 is 17.1 Å². The standard InChI is InChI=1S/C30H46O5/c1-21(2)9-6-10-22(3)11-7-12-24(20-33)26-15-17-30(28(26)34)27(13-8-18-31)25(23(4)19-32)14-16-29(30,5)35/h7,9,11-12,19,26-28,31,33-35H,3,6,8,10,13-18,20H2,1-2,4-5H3/b11-7+,24-12-,25-23-/t26-,27-,28+,29+,30+/m1/s1. The molecule has 0 bridgehead atoms. The van der Waals surface area contributed by atoms with Crippen molar-refractivity contribution in [2.24, 2.45) is 17.3 Å². The molecule has 0 radical (unpaired) electrons. The summed E-state index contributed by atoms with van der Waals surface area (Å²) in [5.41, 5.74) is 2.71. The van der Waals surface area contributed by atoms with Crippen LogP contribution < -0.4 is 0 Å². The molecule has 5 atom stereocenters. The maximum atomic E-state index is 11.8. The molecule has 196 valence electrons. The predicted octanol–water partition coefficient (Wildman–Crippen LogP) is 4.97. The number of hydrogen-bond acceptors (Lipinski definition) is 5. The summed E-state index contributed by atoms with van der Waals surface area (Å²) in [6.07, 6.45) is 13.1. The molecule has 2 saturated carbocycles. The third-order valence-electron chi connectivity index (χ3n) is 8.36. The van der Waals surface area contributed by atoms with E-state index in [1.54, 1.807) is 13.8 Å². The van der Waals surface area contributed by atoms with Gasteiger partial charge in [-0.05, 0) is 96.1 Å². The summed E-state index contributed by atoms with van der Waals surface area (Å²) in [7, 11) is 0. The van der Waals surface area contributed by atoms with Crippen LogP contribution in [0.4, 0.5) is 0 Å². The van der Waals surface area contributed by atoms with Gasteiger partial charge in [-0.3, -0.25) is 4.79 Å². The highest BCUT2D eigenvalue weighted by Crippen LogP contribution is 2.62. The molecule has 2 rings (SSSR count). The van der Waals surface area contributed by atoms with Gasteiger partial charge in [-0.25, -0.2) is 0 Å². The molecule has 5 nitrogen and oxygen atoms in total. The third-order valence-corrected chi connectivity index (χ3v) is 8.36. The van der Waals surface area contributed by atoms with E-state index in [-0.39, 0.29) is 25.0 Å². The molecule has 0 aliphatic heterocycles. The molecule has 0 unspecified atom stereocenters. The van der Waals surface area contributed by atoms with Gasteiger partial charge >= 0.3 is 0 Å². The van der Waals surface area contributed by atoms with Crippen molar-refractivity contribution in [2.75, 3.05) is 13.2 Å². The highest BCUT2D eigenvalue weighted by Gasteiger charge is 2.63. The zero-order valence-electron chi connectivity index (χ0n) is 22.1. The highest BCUT2D eigenvalue weighted by atomic mass is 16.3. The molecule has 2 aliphatic carbocycles. The normalized spacial score (nSPS) is 32.8. The number of carbonyl (C=O) groups is 1. The zero-order valence-corrected chi connectivity index (χ0v) is 22.1. The smallest absolute Gasteiger partial charge is 0.145 e. The first-order valence-corrected chi connectivity index (χ1v) is 13.0. The van der Waals surface area contributed by atoms with Crippen molar-refractivity contribution < 1.29 is 25.2 Å². The fourth-order valence-electron chi connectivity index (χ4n) is 6.39. The minimum absolute atomic E-state index is 0.0196. The van der Waals surface area contributed by atoms with Gasteiger partial charge in [0.05, 0.1) is 18.3 Å². The molecular weight excluding hydrogens is 440 g/mol. The summed E-state index contributed by atoms with van der Waals surface area (Å²) < 4.78 is 0. The van der Waals surface area contributed by atoms with Crippen LogP contribution in [0.2, 0.25) is 0 Å². The molecule has 4 N–H and O–H groups in total. The van der Waals surface area contributed by atoms with Gasteiger partial charge in [-0.1, -0.05) is 47.6 Å². The lowest BCUT2D eigenvalue weighted by Crippen LogP contribution is -2.59. The highest BCUT2D eigenvalue weighted by molar-refractivity contribution is 5.74. The summed E-state index contributed by atoms with van der Waals surface area (Å²) in [6, 6.07) is 0. The van der Waals surface area contributed by atoms with Crippen LogP contribution in [0.5, 0.6) is 0 Å². The monoisotopic (exact) mass is 486 g/mol. The van der Waals surface area contributed by atoms with Crippen LogP contribution in [0, 0.1) is 17.3 Å². The average Bonchev–Trinajstić information content (AvgIpc) is 3.15. The Morgan fingerprint density at radius 2 is 1.91 bits per heavy atom. The Hall–Kier alpha value is -1.79. The second-order valence-electron chi connectivity index (χ2n) is 10.9. The Morgan fingerprint density at radius 1 is 1.20 bits per heavy atom. The van der Waals surface area contributed by atoms with Gasteiger partial charge in [0.2, 0.25) is 0 Å². The summed E-state index contributed by atoms with van der Waals surface area (Å²) in [5, 5.41) is 43.1. The molecule has 0 aromatic heterocycles. The molecule has 2 fully saturated rings. The van der Waals surface area contributed by atoms with E-state index in [2.05, 4.69) is 26.5 Å². The van der Waals surface area contributed by atoms with Gasteiger partial charge in [0, 0.05) is 17.9 Å². The van der Waals surface area contributed by atoms with Crippen molar-refractivity contribution in [1.29, 1.82) is 0 Å². The molecule has 0 heterocycles. The second-order valence-corrected chi connectivity index (χ2v) is 10.9. The van der Waals surface area contributed by atoms with Gasteiger partial charge in [-0.15, -0.1) is 0 Å². The van der Waals surface area contributed by atoms with Crippen LogP contribution in [0.25, 0.3) is 0 Å². The topological polar surface area (TPSA) is 98.0 Å². The van der Waals surface area contributed by atoms with Crippen LogP contribution in [-0.4, -0.2) is 51.6 Å². The lowest BCUT2D eigenvalue weighted by atomic mass is 9.52. The Bertz CT molecular complexity index is 871. The molecule has 0 aromatic carbocycles. The van der Waals surface area contributed by atoms with E-state index in [1.807, 2.05) is 18.2 Å². The number of rotatable bonds is 11. The summed E-state index contributed by atoms with van der Waals surface area (Å²) in [5.74, 6) is -0.489. The van der Waals surface area contributed by atoms with Crippen LogP contribution in [0.1, 0.15) is 79.1 Å². The first kappa shape index (κ1) is 29.4. The summed E-state index contributed by atoms with van der Waals surface area (Å²) >= 11 is 0. The average molecular weight is 487 g/mol. The SMILES string of the molecule is C=C(/C=C/C=C(/CO)[C@H]1CC[C@]2([C@H](CCCO)/C(=C(/C)C=O)CC[C@]2(C)O)[C@H]1O)CCC=C(C)C. The minimum atomic E-state index is -1.12. The van der Waals surface area contributed by atoms with Gasteiger partial charge in [0.1, 0.15) is 6.29 Å².